The molecule has 1 aliphatic carbocycles. The Morgan fingerprint density at radius 2 is 1.68 bits per heavy atom. The average Bonchev–Trinajstić information content (AvgIpc) is 3.36. The van der Waals surface area contributed by atoms with Crippen LogP contribution < -0.4 is 16.0 Å². The molecule has 0 unspecified atom stereocenters. The molecule has 0 aliphatic heterocycles. The van der Waals surface area contributed by atoms with Crippen LogP contribution in [0.3, 0.4) is 0 Å². The van der Waals surface area contributed by atoms with Crippen molar-refractivity contribution in [3.8, 4) is 0 Å². The largest absolute Gasteiger partial charge is 0.354 e. The summed E-state index contributed by atoms with van der Waals surface area (Å²) in [7, 11) is 3.99. The van der Waals surface area contributed by atoms with Gasteiger partial charge in [-0.1, -0.05) is 67.8 Å². The Morgan fingerprint density at radius 1 is 0.974 bits per heavy atom. The van der Waals surface area contributed by atoms with Crippen LogP contribution >= 0.6 is 11.3 Å². The first-order chi connectivity index (χ1) is 18.4. The average molecular weight is 535 g/mol. The molecule has 0 spiro atoms. The third kappa shape index (κ3) is 7.20. The summed E-state index contributed by atoms with van der Waals surface area (Å²) in [5.41, 5.74) is -0.0701. The molecule has 0 radical (unpaired) electrons. The Balaban J connectivity index is 1.50. The van der Waals surface area contributed by atoms with Gasteiger partial charge in [-0.3, -0.25) is 14.4 Å². The van der Waals surface area contributed by atoms with Gasteiger partial charge < -0.3 is 20.9 Å². The number of carbonyl (C=O) groups excluding carboxylic acids is 3. The predicted octanol–water partition coefficient (Wildman–Crippen LogP) is 4.13. The van der Waals surface area contributed by atoms with Gasteiger partial charge in [0.15, 0.2) is 0 Å². The van der Waals surface area contributed by atoms with Crippen molar-refractivity contribution in [1.29, 1.82) is 0 Å². The van der Waals surface area contributed by atoms with Gasteiger partial charge in [0, 0.05) is 17.7 Å². The second-order valence-corrected chi connectivity index (χ2v) is 11.5. The summed E-state index contributed by atoms with van der Waals surface area (Å²) in [6, 6.07) is 18.7. The highest BCUT2D eigenvalue weighted by Crippen LogP contribution is 2.31. The fraction of sp³-hybridized carbons (Fsp3) is 0.433. The minimum atomic E-state index is -1.04. The van der Waals surface area contributed by atoms with Gasteiger partial charge in [-0.2, -0.15) is 0 Å². The van der Waals surface area contributed by atoms with E-state index >= 15 is 0 Å². The Morgan fingerprint density at radius 3 is 2.39 bits per heavy atom. The Bertz CT molecular complexity index is 1200. The van der Waals surface area contributed by atoms with E-state index in [0.717, 1.165) is 47.9 Å². The van der Waals surface area contributed by atoms with E-state index in [2.05, 4.69) is 20.9 Å². The highest BCUT2D eigenvalue weighted by Gasteiger charge is 2.42. The molecule has 8 heteroatoms. The molecule has 3 aromatic rings. The van der Waals surface area contributed by atoms with Gasteiger partial charge in [-0.15, -0.1) is 11.3 Å². The molecule has 1 fully saturated rings. The molecule has 1 saturated carbocycles. The van der Waals surface area contributed by atoms with Gasteiger partial charge in [-0.25, -0.2) is 0 Å². The number of benzene rings is 2. The van der Waals surface area contributed by atoms with Gasteiger partial charge in [0.25, 0.3) is 5.91 Å². The highest BCUT2D eigenvalue weighted by molar-refractivity contribution is 7.20. The highest BCUT2D eigenvalue weighted by atomic mass is 32.1. The molecule has 1 aliphatic rings. The first kappa shape index (κ1) is 27.8. The Kier molecular flexibility index (Phi) is 9.53. The van der Waals surface area contributed by atoms with Gasteiger partial charge in [0.05, 0.1) is 4.88 Å². The number of nitrogens with one attached hydrogen (secondary N) is 3. The number of thiophene rings is 1. The molecule has 0 saturated heterocycles. The number of rotatable bonds is 11. The van der Waals surface area contributed by atoms with Crippen molar-refractivity contribution in [2.75, 3.05) is 27.2 Å². The molecule has 2 aromatic carbocycles. The van der Waals surface area contributed by atoms with Crippen molar-refractivity contribution >= 4 is 39.1 Å². The number of carbonyl (C=O) groups is 3. The SMILES string of the molecule is CN(C)CCCNC(=O)[C@H](Cc1ccccc1)NC(=O)C1(NC(=O)c2cc3ccccc3s2)CCCCC1. The third-order valence-electron chi connectivity index (χ3n) is 7.13. The van der Waals surface area contributed by atoms with Crippen molar-refractivity contribution in [2.24, 2.45) is 0 Å². The molecule has 3 N–H and O–H groups in total. The minimum Gasteiger partial charge on any atom is -0.354 e. The quantitative estimate of drug-likeness (QED) is 0.323. The van der Waals surface area contributed by atoms with Crippen molar-refractivity contribution in [2.45, 2.75) is 56.5 Å². The van der Waals surface area contributed by atoms with E-state index in [1.807, 2.05) is 74.8 Å². The van der Waals surface area contributed by atoms with E-state index in [1.165, 1.54) is 11.3 Å². The van der Waals surface area contributed by atoms with Crippen LogP contribution in [0.2, 0.25) is 0 Å². The first-order valence-electron chi connectivity index (χ1n) is 13.4. The van der Waals surface area contributed by atoms with Crippen molar-refractivity contribution in [3.63, 3.8) is 0 Å². The van der Waals surface area contributed by atoms with Crippen LogP contribution in [0.4, 0.5) is 0 Å². The summed E-state index contributed by atoms with van der Waals surface area (Å²) < 4.78 is 1.04. The number of nitrogens with zero attached hydrogens (tertiary/aromatic N) is 1. The minimum absolute atomic E-state index is 0.206. The molecular formula is C30H38N4O3S. The van der Waals surface area contributed by atoms with Crippen molar-refractivity contribution in [3.05, 3.63) is 71.1 Å². The van der Waals surface area contributed by atoms with Crippen LogP contribution in [-0.4, -0.2) is 61.4 Å². The second kappa shape index (κ2) is 13.0. The first-order valence-corrected chi connectivity index (χ1v) is 14.3. The molecule has 1 atom stereocenters. The molecule has 3 amide bonds. The van der Waals surface area contributed by atoms with Crippen LogP contribution in [0.5, 0.6) is 0 Å². The molecule has 0 bridgehead atoms. The fourth-order valence-corrected chi connectivity index (χ4v) is 5.98. The Labute approximate surface area is 229 Å². The molecule has 202 valence electrons. The van der Waals surface area contributed by atoms with Crippen LogP contribution in [0.25, 0.3) is 10.1 Å². The lowest BCUT2D eigenvalue weighted by Gasteiger charge is -2.37. The normalized spacial score (nSPS) is 15.7. The van der Waals surface area contributed by atoms with E-state index in [4.69, 9.17) is 0 Å². The third-order valence-corrected chi connectivity index (χ3v) is 8.24. The van der Waals surface area contributed by atoms with Crippen LogP contribution in [0.1, 0.15) is 53.8 Å². The van der Waals surface area contributed by atoms with Gasteiger partial charge in [0.1, 0.15) is 11.6 Å². The van der Waals surface area contributed by atoms with Crippen molar-refractivity contribution < 1.29 is 14.4 Å². The standard InChI is InChI=1S/C30H38N4O3S/c1-34(2)19-11-18-31-27(35)24(20-22-12-5-3-6-13-22)32-29(37)30(16-9-4-10-17-30)33-28(36)26-21-23-14-7-8-15-25(23)38-26/h3,5-8,12-15,21,24H,4,9-11,16-20H2,1-2H3,(H,31,35)(H,32,37)(H,33,36)/t24-/m0/s1. The van der Waals surface area contributed by atoms with Crippen molar-refractivity contribution in [1.82, 2.24) is 20.9 Å². The molecule has 1 heterocycles. The number of hydrogen-bond acceptors (Lipinski definition) is 5. The van der Waals surface area contributed by atoms with Gasteiger partial charge in [0.2, 0.25) is 11.8 Å². The van der Waals surface area contributed by atoms with E-state index in [1.54, 1.807) is 0 Å². The van der Waals surface area contributed by atoms with E-state index in [0.29, 0.717) is 30.7 Å². The second-order valence-electron chi connectivity index (χ2n) is 10.4. The monoisotopic (exact) mass is 534 g/mol. The summed E-state index contributed by atoms with van der Waals surface area (Å²) in [6.45, 7) is 1.40. The van der Waals surface area contributed by atoms with E-state index < -0.39 is 11.6 Å². The maximum absolute atomic E-state index is 13.9. The molecular weight excluding hydrogens is 496 g/mol. The molecule has 38 heavy (non-hydrogen) atoms. The number of fused-ring (bicyclic) bond motifs is 1. The summed E-state index contributed by atoms with van der Waals surface area (Å²) in [6.07, 6.45) is 5.02. The number of amides is 3. The van der Waals surface area contributed by atoms with Crippen LogP contribution in [-0.2, 0) is 16.0 Å². The topological polar surface area (TPSA) is 90.5 Å². The van der Waals surface area contributed by atoms with Crippen LogP contribution in [0.15, 0.2) is 60.7 Å². The summed E-state index contributed by atoms with van der Waals surface area (Å²) >= 11 is 1.43. The maximum Gasteiger partial charge on any atom is 0.262 e. The predicted molar refractivity (Wildman–Crippen MR) is 153 cm³/mol. The number of hydrogen-bond donors (Lipinski definition) is 3. The molecule has 1 aromatic heterocycles. The van der Waals surface area contributed by atoms with E-state index in [9.17, 15) is 14.4 Å². The van der Waals surface area contributed by atoms with Crippen LogP contribution in [0, 0.1) is 0 Å². The smallest absolute Gasteiger partial charge is 0.262 e. The summed E-state index contributed by atoms with van der Waals surface area (Å²) in [4.78, 5) is 43.1. The lowest BCUT2D eigenvalue weighted by molar-refractivity contribution is -0.133. The lowest BCUT2D eigenvalue weighted by atomic mass is 9.80. The van der Waals surface area contributed by atoms with E-state index in [-0.39, 0.29) is 17.7 Å². The fourth-order valence-electron chi connectivity index (χ4n) is 5.02. The zero-order valence-corrected chi connectivity index (χ0v) is 23.1. The summed E-state index contributed by atoms with van der Waals surface area (Å²) in [5.74, 6) is -0.727. The zero-order valence-electron chi connectivity index (χ0n) is 22.3. The molecule has 7 nitrogen and oxygen atoms in total. The molecule has 4 rings (SSSR count). The summed E-state index contributed by atoms with van der Waals surface area (Å²) in [5, 5.41) is 10.1. The maximum atomic E-state index is 13.9. The van der Waals surface area contributed by atoms with Gasteiger partial charge in [-0.05, 0) is 63.0 Å². The lowest BCUT2D eigenvalue weighted by Crippen LogP contribution is -2.63. The zero-order chi connectivity index (χ0) is 27.0. The Hall–Kier alpha value is -3.23. The van der Waals surface area contributed by atoms with Gasteiger partial charge >= 0.3 is 0 Å².